The lowest BCUT2D eigenvalue weighted by molar-refractivity contribution is -0.142. The van der Waals surface area contributed by atoms with Crippen molar-refractivity contribution >= 4 is 17.0 Å². The molecule has 2 rings (SSSR count). The number of nitriles is 1. The summed E-state index contributed by atoms with van der Waals surface area (Å²) in [6.45, 7) is 3.51. The molecule has 0 spiro atoms. The molecule has 0 aliphatic carbocycles. The van der Waals surface area contributed by atoms with E-state index in [-0.39, 0.29) is 12.5 Å². The summed E-state index contributed by atoms with van der Waals surface area (Å²) in [4.78, 5) is 15.6. The Kier molecular flexibility index (Phi) is 3.52. The lowest BCUT2D eigenvalue weighted by atomic mass is 10.0. The fraction of sp³-hybridized carbons (Fsp3) is 0.357. The van der Waals surface area contributed by atoms with Gasteiger partial charge in [0.2, 0.25) is 0 Å². The first-order chi connectivity index (χ1) is 9.06. The van der Waals surface area contributed by atoms with E-state index in [4.69, 9.17) is 10.4 Å². The number of aliphatic carboxylic acids is 1. The quantitative estimate of drug-likeness (QED) is 0.912. The molecular formula is C14H15N3O2. The average Bonchev–Trinajstić information content (AvgIpc) is 2.75. The maximum absolute atomic E-state index is 11.1. The zero-order valence-corrected chi connectivity index (χ0v) is 10.9. The maximum Gasteiger partial charge on any atom is 0.308 e. The van der Waals surface area contributed by atoms with Crippen molar-refractivity contribution in [3.63, 3.8) is 0 Å². The minimum atomic E-state index is -0.854. The predicted molar refractivity (Wildman–Crippen MR) is 70.6 cm³/mol. The maximum atomic E-state index is 11.1. The van der Waals surface area contributed by atoms with Crippen LogP contribution in [0.25, 0.3) is 11.0 Å². The molecule has 98 valence electrons. The van der Waals surface area contributed by atoms with Gasteiger partial charge >= 0.3 is 5.97 Å². The summed E-state index contributed by atoms with van der Waals surface area (Å²) in [6, 6.07) is 9.34. The van der Waals surface area contributed by atoms with Gasteiger partial charge in [0.1, 0.15) is 5.82 Å². The van der Waals surface area contributed by atoms with Crippen LogP contribution in [0.2, 0.25) is 0 Å². The molecule has 0 radical (unpaired) electrons. The number of rotatable bonds is 4. The summed E-state index contributed by atoms with van der Waals surface area (Å²) in [5.41, 5.74) is 1.66. The largest absolute Gasteiger partial charge is 0.481 e. The number of hydrogen-bond donors (Lipinski definition) is 1. The second-order valence-corrected chi connectivity index (χ2v) is 4.59. The molecule has 2 aromatic rings. The summed E-state index contributed by atoms with van der Waals surface area (Å²) in [6.07, 6.45) is 0.172. The minimum Gasteiger partial charge on any atom is -0.481 e. The molecule has 5 heteroatoms. The predicted octanol–water partition coefficient (Wildman–Crippen LogP) is 2.38. The van der Waals surface area contributed by atoms with E-state index in [0.717, 1.165) is 11.0 Å². The van der Waals surface area contributed by atoms with Gasteiger partial charge in [-0.2, -0.15) is 5.26 Å². The van der Waals surface area contributed by atoms with Crippen LogP contribution in [-0.2, 0) is 11.2 Å². The van der Waals surface area contributed by atoms with Crippen LogP contribution in [0.15, 0.2) is 24.3 Å². The highest BCUT2D eigenvalue weighted by Gasteiger charge is 2.24. The molecule has 0 bridgehead atoms. The number of carboxylic acid groups (broad SMARTS) is 1. The zero-order chi connectivity index (χ0) is 14.0. The van der Waals surface area contributed by atoms with E-state index < -0.39 is 11.9 Å². The molecular weight excluding hydrogens is 242 g/mol. The van der Waals surface area contributed by atoms with E-state index in [2.05, 4.69) is 11.1 Å². The standard InChI is InChI=1S/C14H15N3O2/c1-9(14(18)19)10(2)17-12-6-4-3-5-11(12)16-13(17)7-8-15/h3-6,9-10H,7H2,1-2H3,(H,18,19). The Bertz CT molecular complexity index is 654. The number of nitrogens with zero attached hydrogens (tertiary/aromatic N) is 3. The number of imidazole rings is 1. The number of hydrogen-bond acceptors (Lipinski definition) is 3. The third kappa shape index (κ3) is 2.29. The summed E-state index contributed by atoms with van der Waals surface area (Å²) < 4.78 is 1.86. The summed E-state index contributed by atoms with van der Waals surface area (Å²) >= 11 is 0. The van der Waals surface area contributed by atoms with Crippen LogP contribution in [0.5, 0.6) is 0 Å². The lowest BCUT2D eigenvalue weighted by Crippen LogP contribution is -2.23. The topological polar surface area (TPSA) is 78.9 Å². The highest BCUT2D eigenvalue weighted by molar-refractivity contribution is 5.77. The van der Waals surface area contributed by atoms with Gasteiger partial charge in [-0.15, -0.1) is 0 Å². The smallest absolute Gasteiger partial charge is 0.308 e. The fourth-order valence-electron chi connectivity index (χ4n) is 2.17. The molecule has 19 heavy (non-hydrogen) atoms. The first-order valence-corrected chi connectivity index (χ1v) is 6.12. The number of benzene rings is 1. The molecule has 1 heterocycles. The highest BCUT2D eigenvalue weighted by Crippen LogP contribution is 2.26. The summed E-state index contributed by atoms with van der Waals surface area (Å²) in [5.74, 6) is -0.785. The fourth-order valence-corrected chi connectivity index (χ4v) is 2.17. The lowest BCUT2D eigenvalue weighted by Gasteiger charge is -2.20. The number of carbonyl (C=O) groups is 1. The van der Waals surface area contributed by atoms with Gasteiger partial charge in [-0.05, 0) is 26.0 Å². The van der Waals surface area contributed by atoms with E-state index >= 15 is 0 Å². The molecule has 0 fully saturated rings. The van der Waals surface area contributed by atoms with Crippen LogP contribution in [0.1, 0.15) is 25.7 Å². The number of aromatic nitrogens is 2. The van der Waals surface area contributed by atoms with Crippen LogP contribution in [0.3, 0.4) is 0 Å². The van der Waals surface area contributed by atoms with Crippen molar-refractivity contribution in [2.45, 2.75) is 26.3 Å². The molecule has 0 amide bonds. The Morgan fingerprint density at radius 1 is 1.47 bits per heavy atom. The third-order valence-corrected chi connectivity index (χ3v) is 3.43. The van der Waals surface area contributed by atoms with E-state index in [0.29, 0.717) is 5.82 Å². The zero-order valence-electron chi connectivity index (χ0n) is 10.9. The Morgan fingerprint density at radius 2 is 2.16 bits per heavy atom. The minimum absolute atomic E-state index is 0.172. The SMILES string of the molecule is CC(C(=O)O)C(C)n1c(CC#N)nc2ccccc21. The van der Waals surface area contributed by atoms with Crippen molar-refractivity contribution in [3.8, 4) is 6.07 Å². The first-order valence-electron chi connectivity index (χ1n) is 6.12. The molecule has 0 aliphatic rings. The highest BCUT2D eigenvalue weighted by atomic mass is 16.4. The Balaban J connectivity index is 2.59. The molecule has 0 aliphatic heterocycles. The van der Waals surface area contributed by atoms with Crippen molar-refractivity contribution in [1.82, 2.24) is 9.55 Å². The van der Waals surface area contributed by atoms with E-state index in [9.17, 15) is 4.79 Å². The molecule has 1 aromatic carbocycles. The van der Waals surface area contributed by atoms with Crippen LogP contribution in [-0.4, -0.2) is 20.6 Å². The van der Waals surface area contributed by atoms with Crippen LogP contribution in [0, 0.1) is 17.2 Å². The Labute approximate surface area is 111 Å². The third-order valence-electron chi connectivity index (χ3n) is 3.43. The Morgan fingerprint density at radius 3 is 2.79 bits per heavy atom. The summed E-state index contributed by atoms with van der Waals surface area (Å²) in [7, 11) is 0. The van der Waals surface area contributed by atoms with Crippen LogP contribution in [0.4, 0.5) is 0 Å². The van der Waals surface area contributed by atoms with Crippen LogP contribution < -0.4 is 0 Å². The van der Waals surface area contributed by atoms with Gasteiger partial charge in [0, 0.05) is 6.04 Å². The van der Waals surface area contributed by atoms with Crippen molar-refractivity contribution < 1.29 is 9.90 Å². The van der Waals surface area contributed by atoms with Gasteiger partial charge in [-0.3, -0.25) is 4.79 Å². The first kappa shape index (κ1) is 13.1. The second kappa shape index (κ2) is 5.11. The number of fused-ring (bicyclic) bond motifs is 1. The Hall–Kier alpha value is -2.35. The van der Waals surface area contributed by atoms with Crippen molar-refractivity contribution in [2.24, 2.45) is 5.92 Å². The van der Waals surface area contributed by atoms with Crippen molar-refractivity contribution in [2.75, 3.05) is 0 Å². The number of para-hydroxylation sites is 2. The van der Waals surface area contributed by atoms with Crippen molar-refractivity contribution in [1.29, 1.82) is 5.26 Å². The molecule has 0 saturated heterocycles. The monoisotopic (exact) mass is 257 g/mol. The molecule has 1 aromatic heterocycles. The van der Waals surface area contributed by atoms with Gasteiger partial charge in [0.15, 0.2) is 0 Å². The molecule has 0 saturated carbocycles. The molecule has 1 N–H and O–H groups in total. The molecule has 2 atom stereocenters. The normalized spacial score (nSPS) is 13.9. The second-order valence-electron chi connectivity index (χ2n) is 4.59. The molecule has 2 unspecified atom stereocenters. The molecule has 5 nitrogen and oxygen atoms in total. The van der Waals surface area contributed by atoms with Gasteiger partial charge < -0.3 is 9.67 Å². The average molecular weight is 257 g/mol. The van der Waals surface area contributed by atoms with E-state index in [1.54, 1.807) is 6.92 Å². The van der Waals surface area contributed by atoms with Gasteiger partial charge in [0.25, 0.3) is 0 Å². The van der Waals surface area contributed by atoms with Crippen molar-refractivity contribution in [3.05, 3.63) is 30.1 Å². The van der Waals surface area contributed by atoms with E-state index in [1.807, 2.05) is 35.8 Å². The van der Waals surface area contributed by atoms with Gasteiger partial charge in [0.05, 0.1) is 29.4 Å². The van der Waals surface area contributed by atoms with Crippen LogP contribution >= 0.6 is 0 Å². The summed E-state index contributed by atoms with van der Waals surface area (Å²) in [5, 5.41) is 18.0. The van der Waals surface area contributed by atoms with E-state index in [1.165, 1.54) is 0 Å². The van der Waals surface area contributed by atoms with Gasteiger partial charge in [-0.1, -0.05) is 12.1 Å². The van der Waals surface area contributed by atoms with Gasteiger partial charge in [-0.25, -0.2) is 4.98 Å². The number of carboxylic acids is 1.